The minimum atomic E-state index is 0.133. The summed E-state index contributed by atoms with van der Waals surface area (Å²) in [5.74, 6) is 0. The first-order valence-corrected chi connectivity index (χ1v) is 6.24. The molecule has 1 unspecified atom stereocenters. The first-order valence-electron chi connectivity index (χ1n) is 6.24. The van der Waals surface area contributed by atoms with Gasteiger partial charge in [0.05, 0.1) is 17.7 Å². The van der Waals surface area contributed by atoms with E-state index in [9.17, 15) is 0 Å². The van der Waals surface area contributed by atoms with Gasteiger partial charge >= 0.3 is 0 Å². The van der Waals surface area contributed by atoms with Gasteiger partial charge in [0.25, 0.3) is 0 Å². The van der Waals surface area contributed by atoms with E-state index >= 15 is 0 Å². The van der Waals surface area contributed by atoms with Gasteiger partial charge in [-0.15, -0.1) is 0 Å². The standard InChI is InChI=1S/C16H17N3/c1-19(15-9-7-13(11-17)8-10-15)16(12-18)14-5-3-2-4-6-14/h2-10,16H,12,18H2,1H3. The van der Waals surface area contributed by atoms with Crippen LogP contribution in [0.15, 0.2) is 54.6 Å². The van der Waals surface area contributed by atoms with Crippen molar-refractivity contribution in [2.24, 2.45) is 5.73 Å². The average Bonchev–Trinajstić information content (AvgIpc) is 2.49. The van der Waals surface area contributed by atoms with E-state index in [1.807, 2.05) is 49.5 Å². The molecule has 96 valence electrons. The van der Waals surface area contributed by atoms with Crippen molar-refractivity contribution >= 4 is 5.69 Å². The zero-order valence-electron chi connectivity index (χ0n) is 11.0. The Hall–Kier alpha value is -2.31. The number of rotatable bonds is 4. The monoisotopic (exact) mass is 251 g/mol. The molecule has 0 heterocycles. The second-order valence-electron chi connectivity index (χ2n) is 4.43. The summed E-state index contributed by atoms with van der Waals surface area (Å²) in [6.45, 7) is 0.542. The molecule has 0 amide bonds. The highest BCUT2D eigenvalue weighted by atomic mass is 15.1. The Bertz CT molecular complexity index is 555. The van der Waals surface area contributed by atoms with Crippen LogP contribution in [-0.2, 0) is 0 Å². The summed E-state index contributed by atoms with van der Waals surface area (Å²) in [6.07, 6.45) is 0. The summed E-state index contributed by atoms with van der Waals surface area (Å²) in [4.78, 5) is 2.14. The third kappa shape index (κ3) is 2.93. The van der Waals surface area contributed by atoms with Gasteiger partial charge in [-0.3, -0.25) is 0 Å². The quantitative estimate of drug-likeness (QED) is 0.909. The Kier molecular flexibility index (Phi) is 4.17. The van der Waals surface area contributed by atoms with Gasteiger partial charge < -0.3 is 10.6 Å². The van der Waals surface area contributed by atoms with Crippen LogP contribution in [0.1, 0.15) is 17.2 Å². The number of anilines is 1. The van der Waals surface area contributed by atoms with Crippen molar-refractivity contribution in [2.75, 3.05) is 18.5 Å². The molecule has 0 bridgehead atoms. The normalized spacial score (nSPS) is 11.6. The molecule has 0 spiro atoms. The molecule has 2 aromatic carbocycles. The lowest BCUT2D eigenvalue weighted by Crippen LogP contribution is -2.30. The van der Waals surface area contributed by atoms with E-state index in [1.165, 1.54) is 5.56 Å². The predicted octanol–water partition coefficient (Wildman–Crippen LogP) is 2.69. The average molecular weight is 251 g/mol. The van der Waals surface area contributed by atoms with Gasteiger partial charge in [-0.25, -0.2) is 0 Å². The topological polar surface area (TPSA) is 53.0 Å². The zero-order chi connectivity index (χ0) is 13.7. The van der Waals surface area contributed by atoms with Crippen LogP contribution in [0, 0.1) is 11.3 Å². The molecule has 0 saturated heterocycles. The van der Waals surface area contributed by atoms with Crippen LogP contribution in [0.5, 0.6) is 0 Å². The molecule has 0 aromatic heterocycles. The highest BCUT2D eigenvalue weighted by Crippen LogP contribution is 2.24. The van der Waals surface area contributed by atoms with E-state index in [1.54, 1.807) is 0 Å². The van der Waals surface area contributed by atoms with E-state index < -0.39 is 0 Å². The first kappa shape index (κ1) is 13.1. The lowest BCUT2D eigenvalue weighted by atomic mass is 10.0. The van der Waals surface area contributed by atoms with Crippen LogP contribution < -0.4 is 10.6 Å². The van der Waals surface area contributed by atoms with Crippen molar-refractivity contribution < 1.29 is 0 Å². The molecule has 2 rings (SSSR count). The van der Waals surface area contributed by atoms with Crippen LogP contribution >= 0.6 is 0 Å². The molecule has 3 nitrogen and oxygen atoms in total. The number of nitriles is 1. The molecule has 3 heteroatoms. The number of nitrogens with zero attached hydrogens (tertiary/aromatic N) is 2. The van der Waals surface area contributed by atoms with Gasteiger partial charge in [0.1, 0.15) is 0 Å². The van der Waals surface area contributed by atoms with Crippen LogP contribution in [0.4, 0.5) is 5.69 Å². The van der Waals surface area contributed by atoms with Crippen LogP contribution in [0.3, 0.4) is 0 Å². The Morgan fingerprint density at radius 3 is 2.26 bits per heavy atom. The second-order valence-corrected chi connectivity index (χ2v) is 4.43. The highest BCUT2D eigenvalue weighted by Gasteiger charge is 2.15. The van der Waals surface area contributed by atoms with Crippen molar-refractivity contribution in [2.45, 2.75) is 6.04 Å². The fourth-order valence-electron chi connectivity index (χ4n) is 2.14. The smallest absolute Gasteiger partial charge is 0.0991 e. The van der Waals surface area contributed by atoms with Crippen molar-refractivity contribution in [3.05, 3.63) is 65.7 Å². The number of hydrogen-bond donors (Lipinski definition) is 1. The van der Waals surface area contributed by atoms with Crippen LogP contribution in [0.2, 0.25) is 0 Å². The van der Waals surface area contributed by atoms with Gasteiger partial charge in [0, 0.05) is 19.3 Å². The fourth-order valence-corrected chi connectivity index (χ4v) is 2.14. The summed E-state index contributed by atoms with van der Waals surface area (Å²) in [5, 5.41) is 8.82. The van der Waals surface area contributed by atoms with Crippen molar-refractivity contribution in [3.8, 4) is 6.07 Å². The lowest BCUT2D eigenvalue weighted by molar-refractivity contribution is 0.681. The van der Waals surface area contributed by atoms with Crippen molar-refractivity contribution in [1.82, 2.24) is 0 Å². The molecular weight excluding hydrogens is 234 g/mol. The minimum Gasteiger partial charge on any atom is -0.366 e. The molecule has 0 radical (unpaired) electrons. The number of benzene rings is 2. The number of hydrogen-bond acceptors (Lipinski definition) is 3. The Balaban J connectivity index is 2.25. The molecule has 2 aromatic rings. The molecule has 0 fully saturated rings. The molecular formula is C16H17N3. The number of nitrogens with two attached hydrogens (primary N) is 1. The highest BCUT2D eigenvalue weighted by molar-refractivity contribution is 5.51. The second kappa shape index (κ2) is 6.03. The fraction of sp³-hybridized carbons (Fsp3) is 0.188. The van der Waals surface area contributed by atoms with E-state index in [0.717, 1.165) is 5.69 Å². The molecule has 19 heavy (non-hydrogen) atoms. The maximum atomic E-state index is 8.82. The lowest BCUT2D eigenvalue weighted by Gasteiger charge is -2.29. The van der Waals surface area contributed by atoms with E-state index in [2.05, 4.69) is 23.1 Å². The van der Waals surface area contributed by atoms with Gasteiger partial charge in [-0.1, -0.05) is 30.3 Å². The van der Waals surface area contributed by atoms with E-state index in [-0.39, 0.29) is 6.04 Å². The largest absolute Gasteiger partial charge is 0.366 e. The molecule has 1 atom stereocenters. The Morgan fingerprint density at radius 2 is 1.74 bits per heavy atom. The Morgan fingerprint density at radius 1 is 1.11 bits per heavy atom. The van der Waals surface area contributed by atoms with E-state index in [4.69, 9.17) is 11.0 Å². The van der Waals surface area contributed by atoms with Gasteiger partial charge in [0.2, 0.25) is 0 Å². The number of likely N-dealkylation sites (N-methyl/N-ethyl adjacent to an activating group) is 1. The van der Waals surface area contributed by atoms with Crippen molar-refractivity contribution in [3.63, 3.8) is 0 Å². The molecule has 0 aliphatic carbocycles. The first-order chi connectivity index (χ1) is 9.26. The van der Waals surface area contributed by atoms with Crippen LogP contribution in [0.25, 0.3) is 0 Å². The summed E-state index contributed by atoms with van der Waals surface area (Å²) >= 11 is 0. The minimum absolute atomic E-state index is 0.133. The van der Waals surface area contributed by atoms with Crippen LogP contribution in [-0.4, -0.2) is 13.6 Å². The maximum Gasteiger partial charge on any atom is 0.0991 e. The summed E-state index contributed by atoms with van der Waals surface area (Å²) in [5.41, 5.74) is 8.82. The summed E-state index contributed by atoms with van der Waals surface area (Å²) in [6, 6.07) is 20.0. The molecule has 0 aliphatic heterocycles. The van der Waals surface area contributed by atoms with Crippen molar-refractivity contribution in [1.29, 1.82) is 5.26 Å². The van der Waals surface area contributed by atoms with Gasteiger partial charge in [0.15, 0.2) is 0 Å². The maximum absolute atomic E-state index is 8.82. The van der Waals surface area contributed by atoms with Gasteiger partial charge in [-0.2, -0.15) is 5.26 Å². The van der Waals surface area contributed by atoms with E-state index in [0.29, 0.717) is 12.1 Å². The molecule has 0 aliphatic rings. The third-order valence-corrected chi connectivity index (χ3v) is 3.28. The summed E-state index contributed by atoms with van der Waals surface area (Å²) < 4.78 is 0. The SMILES string of the molecule is CN(c1ccc(C#N)cc1)C(CN)c1ccccc1. The molecule has 0 saturated carbocycles. The van der Waals surface area contributed by atoms with Gasteiger partial charge in [-0.05, 0) is 29.8 Å². The predicted molar refractivity (Wildman–Crippen MR) is 77.8 cm³/mol. The summed E-state index contributed by atoms with van der Waals surface area (Å²) in [7, 11) is 2.02. The zero-order valence-corrected chi connectivity index (χ0v) is 11.0. The Labute approximate surface area is 113 Å². The third-order valence-electron chi connectivity index (χ3n) is 3.28. The molecule has 2 N–H and O–H groups in total.